The summed E-state index contributed by atoms with van der Waals surface area (Å²) in [6.07, 6.45) is 0. The minimum atomic E-state index is 0.253. The van der Waals surface area contributed by atoms with E-state index in [4.69, 9.17) is 30.5 Å². The number of aromatic nitrogens is 2. The molecule has 0 atom stereocenters. The molecule has 1 aromatic heterocycles. The number of anilines is 1. The molecule has 0 bridgehead atoms. The van der Waals surface area contributed by atoms with Gasteiger partial charge < -0.3 is 24.3 Å². The Labute approximate surface area is 161 Å². The SMILES string of the molecule is COCCOc1nc(NCc2ccc3c(c2)OCO3)c2cc(Cl)ccc2n1. The Kier molecular flexibility index (Phi) is 5.13. The first kappa shape index (κ1) is 17.6. The molecule has 0 aliphatic carbocycles. The fourth-order valence-corrected chi connectivity index (χ4v) is 2.90. The molecule has 2 heterocycles. The molecule has 1 aliphatic heterocycles. The number of fused-ring (bicyclic) bond motifs is 2. The van der Waals surface area contributed by atoms with Crippen LogP contribution in [0.3, 0.4) is 0 Å². The number of hydrogen-bond acceptors (Lipinski definition) is 7. The van der Waals surface area contributed by atoms with E-state index >= 15 is 0 Å². The minimum absolute atomic E-state index is 0.253. The summed E-state index contributed by atoms with van der Waals surface area (Å²) in [5, 5.41) is 4.77. The van der Waals surface area contributed by atoms with Crippen LogP contribution in [0.1, 0.15) is 5.56 Å². The Bertz CT molecular complexity index is 967. The van der Waals surface area contributed by atoms with Crippen molar-refractivity contribution >= 4 is 28.3 Å². The molecule has 0 spiro atoms. The average Bonchev–Trinajstić information content (AvgIpc) is 3.14. The van der Waals surface area contributed by atoms with Crippen molar-refractivity contribution in [2.75, 3.05) is 32.4 Å². The lowest BCUT2D eigenvalue weighted by atomic mass is 10.2. The summed E-state index contributed by atoms with van der Waals surface area (Å²) in [5.74, 6) is 2.15. The molecule has 8 heteroatoms. The fourth-order valence-electron chi connectivity index (χ4n) is 2.73. The Hall–Kier alpha value is -2.77. The Balaban J connectivity index is 1.59. The van der Waals surface area contributed by atoms with Gasteiger partial charge in [0.05, 0.1) is 12.1 Å². The van der Waals surface area contributed by atoms with Gasteiger partial charge in [-0.2, -0.15) is 9.97 Å². The van der Waals surface area contributed by atoms with E-state index in [0.29, 0.717) is 30.6 Å². The number of halogens is 1. The smallest absolute Gasteiger partial charge is 0.319 e. The zero-order valence-corrected chi connectivity index (χ0v) is 15.5. The summed E-state index contributed by atoms with van der Waals surface area (Å²) in [6.45, 7) is 1.63. The molecule has 0 radical (unpaired) electrons. The summed E-state index contributed by atoms with van der Waals surface area (Å²) in [4.78, 5) is 8.91. The van der Waals surface area contributed by atoms with Crippen molar-refractivity contribution in [2.45, 2.75) is 6.54 Å². The quantitative estimate of drug-likeness (QED) is 0.620. The van der Waals surface area contributed by atoms with E-state index in [2.05, 4.69) is 15.3 Å². The molecule has 0 unspecified atom stereocenters. The average molecular weight is 388 g/mol. The molecular formula is C19H18ClN3O4. The van der Waals surface area contributed by atoms with Gasteiger partial charge in [0.1, 0.15) is 12.4 Å². The van der Waals surface area contributed by atoms with Crippen LogP contribution in [-0.2, 0) is 11.3 Å². The van der Waals surface area contributed by atoms with Crippen molar-refractivity contribution in [1.29, 1.82) is 0 Å². The van der Waals surface area contributed by atoms with Crippen molar-refractivity contribution in [3.05, 3.63) is 47.0 Å². The molecule has 3 aromatic rings. The van der Waals surface area contributed by atoms with Crippen LogP contribution in [0, 0.1) is 0 Å². The highest BCUT2D eigenvalue weighted by Gasteiger charge is 2.14. The van der Waals surface area contributed by atoms with Crippen LogP contribution < -0.4 is 19.5 Å². The van der Waals surface area contributed by atoms with Gasteiger partial charge in [-0.15, -0.1) is 0 Å². The van der Waals surface area contributed by atoms with E-state index in [1.54, 1.807) is 13.2 Å². The lowest BCUT2D eigenvalue weighted by Crippen LogP contribution is -2.09. The topological polar surface area (TPSA) is 74.7 Å². The van der Waals surface area contributed by atoms with E-state index in [1.165, 1.54) is 0 Å². The first-order chi connectivity index (χ1) is 13.2. The highest BCUT2D eigenvalue weighted by molar-refractivity contribution is 6.31. The summed E-state index contributed by atoms with van der Waals surface area (Å²) in [7, 11) is 1.62. The highest BCUT2D eigenvalue weighted by atomic mass is 35.5. The third-order valence-electron chi connectivity index (χ3n) is 4.05. The van der Waals surface area contributed by atoms with E-state index in [1.807, 2.05) is 30.3 Å². The van der Waals surface area contributed by atoms with E-state index in [9.17, 15) is 0 Å². The van der Waals surface area contributed by atoms with Crippen molar-refractivity contribution in [3.8, 4) is 17.5 Å². The Morgan fingerprint density at radius 3 is 2.85 bits per heavy atom. The molecule has 0 fully saturated rings. The van der Waals surface area contributed by atoms with Gasteiger partial charge in [0.15, 0.2) is 11.5 Å². The predicted molar refractivity (Wildman–Crippen MR) is 102 cm³/mol. The number of nitrogens with one attached hydrogen (secondary N) is 1. The number of benzene rings is 2. The molecular weight excluding hydrogens is 370 g/mol. The van der Waals surface area contributed by atoms with Gasteiger partial charge in [0.25, 0.3) is 0 Å². The number of methoxy groups -OCH3 is 1. The maximum absolute atomic E-state index is 6.15. The monoisotopic (exact) mass is 387 g/mol. The molecule has 1 N–H and O–H groups in total. The molecule has 2 aromatic carbocycles. The molecule has 140 valence electrons. The molecule has 27 heavy (non-hydrogen) atoms. The molecule has 7 nitrogen and oxygen atoms in total. The van der Waals surface area contributed by atoms with Gasteiger partial charge in [0, 0.05) is 24.1 Å². The van der Waals surface area contributed by atoms with Crippen LogP contribution in [0.4, 0.5) is 5.82 Å². The predicted octanol–water partition coefficient (Wildman–Crippen LogP) is 3.65. The number of ether oxygens (including phenoxy) is 4. The lowest BCUT2D eigenvalue weighted by Gasteiger charge is -2.12. The first-order valence-electron chi connectivity index (χ1n) is 8.44. The van der Waals surface area contributed by atoms with Crippen molar-refractivity contribution in [1.82, 2.24) is 9.97 Å². The van der Waals surface area contributed by atoms with Crippen LogP contribution in [0.25, 0.3) is 10.9 Å². The van der Waals surface area contributed by atoms with Crippen LogP contribution in [0.5, 0.6) is 17.5 Å². The zero-order chi connectivity index (χ0) is 18.6. The zero-order valence-electron chi connectivity index (χ0n) is 14.7. The van der Waals surface area contributed by atoms with Gasteiger partial charge in [-0.25, -0.2) is 0 Å². The van der Waals surface area contributed by atoms with E-state index in [-0.39, 0.29) is 12.8 Å². The van der Waals surface area contributed by atoms with Crippen LogP contribution in [0.15, 0.2) is 36.4 Å². The Morgan fingerprint density at radius 2 is 1.96 bits per heavy atom. The second-order valence-electron chi connectivity index (χ2n) is 5.90. The lowest BCUT2D eigenvalue weighted by molar-refractivity contribution is 0.141. The van der Waals surface area contributed by atoms with Crippen LogP contribution >= 0.6 is 11.6 Å². The van der Waals surface area contributed by atoms with Gasteiger partial charge in [-0.1, -0.05) is 17.7 Å². The molecule has 0 saturated carbocycles. The maximum atomic E-state index is 6.15. The number of rotatable bonds is 7. The molecule has 4 rings (SSSR count). The second-order valence-corrected chi connectivity index (χ2v) is 6.34. The second kappa shape index (κ2) is 7.85. The third kappa shape index (κ3) is 3.99. The fraction of sp³-hybridized carbons (Fsp3) is 0.263. The number of hydrogen-bond donors (Lipinski definition) is 1. The number of nitrogens with zero attached hydrogens (tertiary/aromatic N) is 2. The molecule has 1 aliphatic rings. The van der Waals surface area contributed by atoms with E-state index in [0.717, 1.165) is 28.0 Å². The third-order valence-corrected chi connectivity index (χ3v) is 4.29. The summed E-state index contributed by atoms with van der Waals surface area (Å²) in [6, 6.07) is 11.6. The van der Waals surface area contributed by atoms with Crippen molar-refractivity contribution in [3.63, 3.8) is 0 Å². The van der Waals surface area contributed by atoms with Crippen molar-refractivity contribution < 1.29 is 18.9 Å². The van der Waals surface area contributed by atoms with Crippen LogP contribution in [0.2, 0.25) is 5.02 Å². The first-order valence-corrected chi connectivity index (χ1v) is 8.82. The highest BCUT2D eigenvalue weighted by Crippen LogP contribution is 2.33. The van der Waals surface area contributed by atoms with Gasteiger partial charge in [0.2, 0.25) is 6.79 Å². The maximum Gasteiger partial charge on any atom is 0.319 e. The van der Waals surface area contributed by atoms with Gasteiger partial charge >= 0.3 is 6.01 Å². The van der Waals surface area contributed by atoms with Gasteiger partial charge in [-0.3, -0.25) is 0 Å². The normalized spacial score (nSPS) is 12.4. The summed E-state index contributed by atoms with van der Waals surface area (Å²) < 4.78 is 21.4. The molecule has 0 amide bonds. The van der Waals surface area contributed by atoms with Gasteiger partial charge in [-0.05, 0) is 35.9 Å². The van der Waals surface area contributed by atoms with Crippen LogP contribution in [-0.4, -0.2) is 37.1 Å². The summed E-state index contributed by atoms with van der Waals surface area (Å²) in [5.41, 5.74) is 1.78. The molecule has 0 saturated heterocycles. The van der Waals surface area contributed by atoms with Crippen molar-refractivity contribution in [2.24, 2.45) is 0 Å². The van der Waals surface area contributed by atoms with E-state index < -0.39 is 0 Å². The summed E-state index contributed by atoms with van der Waals surface area (Å²) >= 11 is 6.15. The Morgan fingerprint density at radius 1 is 1.07 bits per heavy atom. The standard InChI is InChI=1S/C19H18ClN3O4/c1-24-6-7-25-19-22-15-4-3-13(20)9-14(15)18(23-19)21-10-12-2-5-16-17(8-12)27-11-26-16/h2-5,8-9H,6-7,10-11H2,1H3,(H,21,22,23). The minimum Gasteiger partial charge on any atom is -0.461 e. The largest absolute Gasteiger partial charge is 0.461 e.